The number of nitrogens with zero attached hydrogens (tertiary/aromatic N) is 1. The Morgan fingerprint density at radius 1 is 1.33 bits per heavy atom. The van der Waals surface area contributed by atoms with Gasteiger partial charge in [0.25, 0.3) is 5.91 Å². The molecule has 0 aliphatic carbocycles. The summed E-state index contributed by atoms with van der Waals surface area (Å²) < 4.78 is 0. The zero-order valence-electron chi connectivity index (χ0n) is 12.1. The van der Waals surface area contributed by atoms with Crippen molar-refractivity contribution in [3.8, 4) is 0 Å². The number of carbonyl (C=O) groups is 1. The number of hydrogen-bond donors (Lipinski definition) is 2. The quantitative estimate of drug-likeness (QED) is 0.886. The van der Waals surface area contributed by atoms with E-state index >= 15 is 0 Å². The molecule has 0 bridgehead atoms. The van der Waals surface area contributed by atoms with Gasteiger partial charge in [0.1, 0.15) is 5.69 Å². The molecule has 2 aromatic rings. The van der Waals surface area contributed by atoms with Crippen molar-refractivity contribution in [2.75, 3.05) is 11.9 Å². The second-order valence-electron chi connectivity index (χ2n) is 4.71. The summed E-state index contributed by atoms with van der Waals surface area (Å²) in [5, 5.41) is 6.79. The maximum atomic E-state index is 11.8. The third-order valence-corrected chi connectivity index (χ3v) is 3.30. The van der Waals surface area contributed by atoms with Gasteiger partial charge in [-0.05, 0) is 43.7 Å². The first-order chi connectivity index (χ1) is 10.1. The summed E-state index contributed by atoms with van der Waals surface area (Å²) in [6, 6.07) is 11.4. The van der Waals surface area contributed by atoms with Crippen molar-refractivity contribution in [1.82, 2.24) is 10.3 Å². The molecular weight excluding hydrogens is 286 g/mol. The van der Waals surface area contributed by atoms with Crippen LogP contribution < -0.4 is 10.6 Å². The number of halogens is 1. The van der Waals surface area contributed by atoms with Crippen LogP contribution in [0.15, 0.2) is 42.6 Å². The van der Waals surface area contributed by atoms with E-state index in [1.165, 1.54) is 0 Å². The molecule has 0 spiro atoms. The largest absolute Gasteiger partial charge is 0.378 e. The number of aromatic nitrogens is 1. The van der Waals surface area contributed by atoms with Crippen molar-refractivity contribution in [3.05, 3.63) is 58.9 Å². The molecule has 0 saturated heterocycles. The third kappa shape index (κ3) is 4.20. The highest BCUT2D eigenvalue weighted by Crippen LogP contribution is 2.21. The van der Waals surface area contributed by atoms with E-state index in [0.29, 0.717) is 17.3 Å². The van der Waals surface area contributed by atoms with Crippen molar-refractivity contribution in [2.24, 2.45) is 0 Å². The van der Waals surface area contributed by atoms with Gasteiger partial charge in [-0.25, -0.2) is 0 Å². The third-order valence-electron chi connectivity index (χ3n) is 3.06. The SMILES string of the molecule is CCNC(=O)c1cc(NC(C)c2cccc(Cl)c2)ccn1. The summed E-state index contributed by atoms with van der Waals surface area (Å²) in [4.78, 5) is 15.9. The van der Waals surface area contributed by atoms with Crippen molar-refractivity contribution in [1.29, 1.82) is 0 Å². The van der Waals surface area contributed by atoms with Gasteiger partial charge in [0, 0.05) is 29.5 Å². The molecule has 110 valence electrons. The number of nitrogens with one attached hydrogen (secondary N) is 2. The van der Waals surface area contributed by atoms with Crippen LogP contribution in [0.25, 0.3) is 0 Å². The average Bonchev–Trinajstić information content (AvgIpc) is 2.48. The topological polar surface area (TPSA) is 54.0 Å². The van der Waals surface area contributed by atoms with Gasteiger partial charge in [0.2, 0.25) is 0 Å². The molecule has 21 heavy (non-hydrogen) atoms. The molecule has 0 aliphatic heterocycles. The van der Waals surface area contributed by atoms with Crippen molar-refractivity contribution in [2.45, 2.75) is 19.9 Å². The Morgan fingerprint density at radius 3 is 2.86 bits per heavy atom. The van der Waals surface area contributed by atoms with Gasteiger partial charge in [-0.15, -0.1) is 0 Å². The van der Waals surface area contributed by atoms with Crippen LogP contribution in [-0.4, -0.2) is 17.4 Å². The molecule has 1 unspecified atom stereocenters. The Bertz CT molecular complexity index is 630. The summed E-state index contributed by atoms with van der Waals surface area (Å²) in [5.41, 5.74) is 2.33. The molecule has 2 rings (SSSR count). The van der Waals surface area contributed by atoms with Crippen LogP contribution in [0.2, 0.25) is 5.02 Å². The van der Waals surface area contributed by atoms with Crippen LogP contribution in [0.1, 0.15) is 35.9 Å². The molecule has 0 aliphatic rings. The van der Waals surface area contributed by atoms with Gasteiger partial charge in [-0.3, -0.25) is 9.78 Å². The van der Waals surface area contributed by atoms with Crippen LogP contribution >= 0.6 is 11.6 Å². The van der Waals surface area contributed by atoms with Gasteiger partial charge in [-0.1, -0.05) is 23.7 Å². The highest BCUT2D eigenvalue weighted by atomic mass is 35.5. The van der Waals surface area contributed by atoms with Gasteiger partial charge in [-0.2, -0.15) is 0 Å². The molecule has 5 heteroatoms. The van der Waals surface area contributed by atoms with Crippen LogP contribution in [0, 0.1) is 0 Å². The molecule has 4 nitrogen and oxygen atoms in total. The lowest BCUT2D eigenvalue weighted by Gasteiger charge is -2.16. The van der Waals surface area contributed by atoms with Crippen LogP contribution in [0.5, 0.6) is 0 Å². The standard InChI is InChI=1S/C16H18ClN3O/c1-3-18-16(21)15-10-14(7-8-19-15)20-11(2)12-5-4-6-13(17)9-12/h4-11H,3H2,1-2H3,(H,18,21)(H,19,20). The van der Waals surface area contributed by atoms with Crippen LogP contribution in [0.4, 0.5) is 5.69 Å². The van der Waals surface area contributed by atoms with Gasteiger partial charge >= 0.3 is 0 Å². The predicted molar refractivity (Wildman–Crippen MR) is 85.7 cm³/mol. The molecule has 1 aromatic carbocycles. The second kappa shape index (κ2) is 7.09. The van der Waals surface area contributed by atoms with E-state index in [4.69, 9.17) is 11.6 Å². The fraction of sp³-hybridized carbons (Fsp3) is 0.250. The number of pyridine rings is 1. The number of rotatable bonds is 5. The van der Waals surface area contributed by atoms with Gasteiger partial charge < -0.3 is 10.6 Å². The zero-order valence-corrected chi connectivity index (χ0v) is 12.8. The van der Waals surface area contributed by atoms with Crippen LogP contribution in [-0.2, 0) is 0 Å². The molecule has 1 atom stereocenters. The average molecular weight is 304 g/mol. The lowest BCUT2D eigenvalue weighted by molar-refractivity contribution is 0.0951. The fourth-order valence-electron chi connectivity index (χ4n) is 2.00. The lowest BCUT2D eigenvalue weighted by Crippen LogP contribution is -2.23. The summed E-state index contributed by atoms with van der Waals surface area (Å²) >= 11 is 6.00. The van der Waals surface area contributed by atoms with Gasteiger partial charge in [0.05, 0.1) is 0 Å². The molecule has 2 N–H and O–H groups in total. The number of benzene rings is 1. The highest BCUT2D eigenvalue weighted by Gasteiger charge is 2.09. The Labute approximate surface area is 129 Å². The minimum atomic E-state index is -0.170. The normalized spacial score (nSPS) is 11.8. The minimum absolute atomic E-state index is 0.0770. The van der Waals surface area contributed by atoms with Crippen molar-refractivity contribution in [3.63, 3.8) is 0 Å². The highest BCUT2D eigenvalue weighted by molar-refractivity contribution is 6.30. The van der Waals surface area contributed by atoms with E-state index in [2.05, 4.69) is 15.6 Å². The first kappa shape index (κ1) is 15.3. The fourth-order valence-corrected chi connectivity index (χ4v) is 2.20. The van der Waals surface area contributed by atoms with E-state index in [1.807, 2.05) is 44.2 Å². The molecule has 1 aromatic heterocycles. The molecule has 0 fully saturated rings. The molecular formula is C16H18ClN3O. The second-order valence-corrected chi connectivity index (χ2v) is 5.15. The summed E-state index contributed by atoms with van der Waals surface area (Å²) in [7, 11) is 0. The maximum absolute atomic E-state index is 11.8. The first-order valence-corrected chi connectivity index (χ1v) is 7.24. The van der Waals surface area contributed by atoms with Crippen molar-refractivity contribution < 1.29 is 4.79 Å². The maximum Gasteiger partial charge on any atom is 0.269 e. The van der Waals surface area contributed by atoms with E-state index < -0.39 is 0 Å². The Balaban J connectivity index is 2.12. The van der Waals surface area contributed by atoms with Crippen molar-refractivity contribution >= 4 is 23.2 Å². The Morgan fingerprint density at radius 2 is 2.14 bits per heavy atom. The Kier molecular flexibility index (Phi) is 5.17. The van der Waals surface area contributed by atoms with E-state index in [-0.39, 0.29) is 11.9 Å². The van der Waals surface area contributed by atoms with E-state index in [1.54, 1.807) is 12.3 Å². The molecule has 0 radical (unpaired) electrons. The monoisotopic (exact) mass is 303 g/mol. The number of amides is 1. The molecule has 1 amide bonds. The summed E-state index contributed by atoms with van der Waals surface area (Å²) in [6.45, 7) is 4.50. The number of hydrogen-bond acceptors (Lipinski definition) is 3. The molecule has 0 saturated carbocycles. The number of anilines is 1. The first-order valence-electron chi connectivity index (χ1n) is 6.86. The van der Waals surface area contributed by atoms with E-state index in [0.717, 1.165) is 11.3 Å². The Hall–Kier alpha value is -2.07. The molecule has 1 heterocycles. The smallest absolute Gasteiger partial charge is 0.269 e. The van der Waals surface area contributed by atoms with E-state index in [9.17, 15) is 4.79 Å². The zero-order chi connectivity index (χ0) is 15.2. The predicted octanol–water partition coefficient (Wildman–Crippen LogP) is 3.66. The summed E-state index contributed by atoms with van der Waals surface area (Å²) in [5.74, 6) is -0.170. The lowest BCUT2D eigenvalue weighted by atomic mass is 10.1. The van der Waals surface area contributed by atoms with Gasteiger partial charge in [0.15, 0.2) is 0 Å². The number of carbonyl (C=O) groups excluding carboxylic acids is 1. The minimum Gasteiger partial charge on any atom is -0.378 e. The summed E-state index contributed by atoms with van der Waals surface area (Å²) in [6.07, 6.45) is 1.62. The van der Waals surface area contributed by atoms with Crippen LogP contribution in [0.3, 0.4) is 0 Å².